The third-order valence-electron chi connectivity index (χ3n) is 3.97. The van der Waals surface area contributed by atoms with Crippen molar-refractivity contribution in [3.05, 3.63) is 29.7 Å². The minimum absolute atomic E-state index is 0.141. The summed E-state index contributed by atoms with van der Waals surface area (Å²) in [6.07, 6.45) is 5.30. The lowest BCUT2D eigenvalue weighted by Crippen LogP contribution is -2.36. The largest absolute Gasteiger partial charge is 0.355 e. The molecule has 1 aliphatic heterocycles. The van der Waals surface area contributed by atoms with Crippen molar-refractivity contribution in [1.29, 1.82) is 0 Å². The number of H-pyrrole nitrogens is 1. The molecule has 1 N–H and O–H groups in total. The highest BCUT2D eigenvalue weighted by atomic mass is 16.2. The molecule has 8 heteroatoms. The van der Waals surface area contributed by atoms with Gasteiger partial charge in [0.2, 0.25) is 0 Å². The standard InChI is InChI=1S/C15H21N7O/c1-10-17-14(20-19-10)11-5-4-6-22(9-11)13-8-16-7-12(18-13)15(23)21(2)3/h7-8,11H,4-6,9H2,1-3H3,(H,17,19,20)/t11-/m1/s1. The van der Waals surface area contributed by atoms with Crippen molar-refractivity contribution in [3.8, 4) is 0 Å². The molecule has 3 rings (SSSR count). The smallest absolute Gasteiger partial charge is 0.273 e. The Morgan fingerprint density at radius 2 is 2.17 bits per heavy atom. The fraction of sp³-hybridized carbons (Fsp3) is 0.533. The number of aromatic amines is 1. The number of aryl methyl sites for hydroxylation is 1. The number of anilines is 1. The molecule has 0 saturated carbocycles. The number of nitrogens with one attached hydrogen (secondary N) is 1. The van der Waals surface area contributed by atoms with E-state index in [0.29, 0.717) is 5.69 Å². The molecule has 0 spiro atoms. The van der Waals surface area contributed by atoms with E-state index in [2.05, 4.69) is 30.0 Å². The van der Waals surface area contributed by atoms with E-state index in [1.165, 1.54) is 11.1 Å². The lowest BCUT2D eigenvalue weighted by Gasteiger charge is -2.32. The van der Waals surface area contributed by atoms with E-state index in [1.54, 1.807) is 20.3 Å². The molecule has 122 valence electrons. The molecule has 0 radical (unpaired) electrons. The summed E-state index contributed by atoms with van der Waals surface area (Å²) in [5, 5.41) is 7.18. The maximum absolute atomic E-state index is 12.0. The van der Waals surface area contributed by atoms with Crippen LogP contribution in [0.5, 0.6) is 0 Å². The van der Waals surface area contributed by atoms with Crippen molar-refractivity contribution in [2.45, 2.75) is 25.7 Å². The normalized spacial score (nSPS) is 18.0. The molecule has 23 heavy (non-hydrogen) atoms. The van der Waals surface area contributed by atoms with Gasteiger partial charge in [0.15, 0.2) is 5.82 Å². The lowest BCUT2D eigenvalue weighted by atomic mass is 9.97. The Morgan fingerprint density at radius 3 is 2.87 bits per heavy atom. The number of carbonyl (C=O) groups is 1. The zero-order chi connectivity index (χ0) is 16.4. The average Bonchev–Trinajstić information content (AvgIpc) is 3.01. The van der Waals surface area contributed by atoms with Gasteiger partial charge in [0.05, 0.1) is 12.4 Å². The van der Waals surface area contributed by atoms with E-state index in [9.17, 15) is 4.79 Å². The van der Waals surface area contributed by atoms with Crippen LogP contribution in [0.3, 0.4) is 0 Å². The molecule has 1 aliphatic rings. The first-order valence-corrected chi connectivity index (χ1v) is 7.72. The summed E-state index contributed by atoms with van der Waals surface area (Å²) in [6.45, 7) is 3.58. The average molecular weight is 315 g/mol. The van der Waals surface area contributed by atoms with Crippen molar-refractivity contribution in [2.75, 3.05) is 32.1 Å². The zero-order valence-electron chi connectivity index (χ0n) is 13.7. The van der Waals surface area contributed by atoms with E-state index >= 15 is 0 Å². The van der Waals surface area contributed by atoms with Crippen LogP contribution in [0.4, 0.5) is 5.82 Å². The van der Waals surface area contributed by atoms with Gasteiger partial charge in [-0.3, -0.25) is 14.9 Å². The van der Waals surface area contributed by atoms with Gasteiger partial charge in [-0.05, 0) is 19.8 Å². The van der Waals surface area contributed by atoms with Gasteiger partial charge >= 0.3 is 0 Å². The van der Waals surface area contributed by atoms with Crippen molar-refractivity contribution in [3.63, 3.8) is 0 Å². The molecular weight excluding hydrogens is 294 g/mol. The predicted octanol–water partition coefficient (Wildman–Crippen LogP) is 0.989. The molecule has 0 aromatic carbocycles. The Labute approximate surface area is 135 Å². The molecule has 2 aromatic heterocycles. The van der Waals surface area contributed by atoms with Gasteiger partial charge in [-0.1, -0.05) is 0 Å². The zero-order valence-corrected chi connectivity index (χ0v) is 13.7. The van der Waals surface area contributed by atoms with Crippen LogP contribution >= 0.6 is 0 Å². The van der Waals surface area contributed by atoms with Crippen LogP contribution in [-0.4, -0.2) is 63.1 Å². The van der Waals surface area contributed by atoms with Crippen molar-refractivity contribution in [2.24, 2.45) is 0 Å². The number of hydrogen-bond donors (Lipinski definition) is 1. The minimum atomic E-state index is -0.141. The second-order valence-electron chi connectivity index (χ2n) is 6.03. The van der Waals surface area contributed by atoms with E-state index in [1.807, 2.05) is 6.92 Å². The number of nitrogens with zero attached hydrogens (tertiary/aromatic N) is 6. The van der Waals surface area contributed by atoms with Crippen LogP contribution in [0.2, 0.25) is 0 Å². The highest BCUT2D eigenvalue weighted by molar-refractivity contribution is 5.91. The fourth-order valence-corrected chi connectivity index (χ4v) is 2.78. The van der Waals surface area contributed by atoms with Gasteiger partial charge in [0, 0.05) is 33.1 Å². The van der Waals surface area contributed by atoms with Crippen molar-refractivity contribution in [1.82, 2.24) is 30.0 Å². The maximum atomic E-state index is 12.0. The molecule has 0 aliphatic carbocycles. The maximum Gasteiger partial charge on any atom is 0.273 e. The van der Waals surface area contributed by atoms with Gasteiger partial charge in [0.1, 0.15) is 17.3 Å². The van der Waals surface area contributed by atoms with Gasteiger partial charge < -0.3 is 9.80 Å². The molecule has 1 amide bonds. The first-order valence-electron chi connectivity index (χ1n) is 7.72. The minimum Gasteiger partial charge on any atom is -0.355 e. The summed E-state index contributed by atoms with van der Waals surface area (Å²) in [4.78, 5) is 28.8. The van der Waals surface area contributed by atoms with Crippen molar-refractivity contribution >= 4 is 11.7 Å². The van der Waals surface area contributed by atoms with Crippen LogP contribution in [0.25, 0.3) is 0 Å². The molecular formula is C15H21N7O. The first kappa shape index (κ1) is 15.4. The molecule has 0 bridgehead atoms. The van der Waals surface area contributed by atoms with Crippen LogP contribution in [-0.2, 0) is 0 Å². The topological polar surface area (TPSA) is 90.9 Å². The summed E-state index contributed by atoms with van der Waals surface area (Å²) in [5.74, 6) is 2.53. The number of carbonyl (C=O) groups excluding carboxylic acids is 1. The Balaban J connectivity index is 1.78. The Bertz CT molecular complexity index is 697. The number of piperidine rings is 1. The third-order valence-corrected chi connectivity index (χ3v) is 3.97. The number of amides is 1. The number of hydrogen-bond acceptors (Lipinski definition) is 6. The van der Waals surface area contributed by atoms with Crippen LogP contribution in [0.1, 0.15) is 40.9 Å². The molecule has 3 heterocycles. The highest BCUT2D eigenvalue weighted by Gasteiger charge is 2.25. The van der Waals surface area contributed by atoms with Gasteiger partial charge in [0.25, 0.3) is 5.91 Å². The van der Waals surface area contributed by atoms with Crippen molar-refractivity contribution < 1.29 is 4.79 Å². The third kappa shape index (κ3) is 3.30. The summed E-state index contributed by atoms with van der Waals surface area (Å²) in [6, 6.07) is 0. The summed E-state index contributed by atoms with van der Waals surface area (Å²) in [5.41, 5.74) is 0.364. The predicted molar refractivity (Wildman–Crippen MR) is 85.4 cm³/mol. The second kappa shape index (κ2) is 6.31. The Kier molecular flexibility index (Phi) is 4.22. The SMILES string of the molecule is Cc1nc([C@@H]2CCCN(c3cncc(C(=O)N(C)C)n3)C2)n[nH]1. The Hall–Kier alpha value is -2.51. The highest BCUT2D eigenvalue weighted by Crippen LogP contribution is 2.27. The quantitative estimate of drug-likeness (QED) is 0.908. The van der Waals surface area contributed by atoms with E-state index in [4.69, 9.17) is 0 Å². The number of rotatable bonds is 3. The molecule has 8 nitrogen and oxygen atoms in total. The molecule has 1 atom stereocenters. The van der Waals surface area contributed by atoms with Crippen LogP contribution < -0.4 is 4.90 Å². The fourth-order valence-electron chi connectivity index (χ4n) is 2.78. The van der Waals surface area contributed by atoms with E-state index < -0.39 is 0 Å². The van der Waals surface area contributed by atoms with Gasteiger partial charge in [-0.2, -0.15) is 5.10 Å². The van der Waals surface area contributed by atoms with Crippen LogP contribution in [0, 0.1) is 6.92 Å². The monoisotopic (exact) mass is 315 g/mol. The summed E-state index contributed by atoms with van der Waals surface area (Å²) >= 11 is 0. The lowest BCUT2D eigenvalue weighted by molar-refractivity contribution is 0.0821. The van der Waals surface area contributed by atoms with Crippen LogP contribution in [0.15, 0.2) is 12.4 Å². The number of aromatic nitrogens is 5. The summed E-state index contributed by atoms with van der Waals surface area (Å²) < 4.78 is 0. The molecule has 2 aromatic rings. The molecule has 1 fully saturated rings. The van der Waals surface area contributed by atoms with Gasteiger partial charge in [-0.15, -0.1) is 0 Å². The Morgan fingerprint density at radius 1 is 1.35 bits per heavy atom. The van der Waals surface area contributed by atoms with E-state index in [-0.39, 0.29) is 11.8 Å². The second-order valence-corrected chi connectivity index (χ2v) is 6.03. The van der Waals surface area contributed by atoms with Gasteiger partial charge in [-0.25, -0.2) is 9.97 Å². The summed E-state index contributed by atoms with van der Waals surface area (Å²) in [7, 11) is 3.42. The van der Waals surface area contributed by atoms with E-state index in [0.717, 1.165) is 43.4 Å². The molecule has 1 saturated heterocycles. The molecule has 0 unspecified atom stereocenters. The first-order chi connectivity index (χ1) is 11.0.